The van der Waals surface area contributed by atoms with Crippen molar-refractivity contribution in [1.82, 2.24) is 24.8 Å². The van der Waals surface area contributed by atoms with Crippen molar-refractivity contribution >= 4 is 34.6 Å². The number of H-pyrrole nitrogens is 1. The van der Waals surface area contributed by atoms with Crippen molar-refractivity contribution in [3.8, 4) is 0 Å². The molecule has 0 saturated carbocycles. The summed E-state index contributed by atoms with van der Waals surface area (Å²) in [4.78, 5) is 58.4. The zero-order valence-corrected chi connectivity index (χ0v) is 22.7. The van der Waals surface area contributed by atoms with E-state index in [1.807, 2.05) is 0 Å². The van der Waals surface area contributed by atoms with Gasteiger partial charge in [-0.05, 0) is 49.1 Å². The van der Waals surface area contributed by atoms with Gasteiger partial charge in [0.25, 0.3) is 5.56 Å². The van der Waals surface area contributed by atoms with E-state index in [0.29, 0.717) is 22.4 Å². The molecule has 3 N–H and O–H groups in total. The third-order valence-corrected chi connectivity index (χ3v) is 6.04. The number of carbonyl (C=O) groups excluding carboxylic acids is 3. The number of fused-ring (bicyclic) bond motifs is 1. The lowest BCUT2D eigenvalue weighted by molar-refractivity contribution is -0.134. The average molecular weight is 577 g/mol. The lowest BCUT2D eigenvalue weighted by Crippen LogP contribution is -2.44. The molecule has 2 aromatic heterocycles. The molecule has 0 fully saturated rings. The summed E-state index contributed by atoms with van der Waals surface area (Å²) < 4.78 is 44.1. The number of aromatic nitrogens is 3. The number of aromatic amines is 1. The third-order valence-electron chi connectivity index (χ3n) is 6.04. The zero-order valence-electron chi connectivity index (χ0n) is 22.7. The molecule has 14 heteroatoms. The molecule has 220 valence electrons. The number of nitrogens with one attached hydrogen (secondary N) is 3. The van der Waals surface area contributed by atoms with E-state index >= 15 is 0 Å². The molecule has 0 saturated heterocycles. The number of para-hydroxylation sites is 1. The number of imidazole rings is 1. The van der Waals surface area contributed by atoms with Crippen LogP contribution in [0.1, 0.15) is 30.7 Å². The summed E-state index contributed by atoms with van der Waals surface area (Å²) in [5, 5.41) is 4.94. The molecule has 0 unspecified atom stereocenters. The van der Waals surface area contributed by atoms with Gasteiger partial charge in [-0.3, -0.25) is 14.4 Å². The molecule has 0 aliphatic heterocycles. The van der Waals surface area contributed by atoms with Gasteiger partial charge in [-0.25, -0.2) is 9.78 Å². The largest absolute Gasteiger partial charge is 0.453 e. The molecule has 3 amide bonds. The summed E-state index contributed by atoms with van der Waals surface area (Å²) in [5.41, 5.74) is 0.736. The molecule has 0 aliphatic rings. The van der Waals surface area contributed by atoms with Gasteiger partial charge in [0.05, 0.1) is 24.7 Å². The van der Waals surface area contributed by atoms with E-state index in [1.165, 1.54) is 33.9 Å². The quantitative estimate of drug-likeness (QED) is 0.299. The minimum atomic E-state index is -4.30. The molecule has 2 heterocycles. The molecule has 0 radical (unpaired) electrons. The molecule has 11 nitrogen and oxygen atoms in total. The molecule has 0 aliphatic carbocycles. The highest BCUT2D eigenvalue weighted by Crippen LogP contribution is 2.25. The van der Waals surface area contributed by atoms with E-state index in [-0.39, 0.29) is 37.4 Å². The molecule has 3 aromatic rings. The Bertz CT molecular complexity index is 1480. The van der Waals surface area contributed by atoms with E-state index in [4.69, 9.17) is 0 Å². The highest BCUT2D eigenvalue weighted by molar-refractivity contribution is 5.96. The zero-order chi connectivity index (χ0) is 30.2. The van der Waals surface area contributed by atoms with Crippen LogP contribution < -0.4 is 16.2 Å². The predicted octanol–water partition coefficient (Wildman–Crippen LogP) is 3.36. The normalized spacial score (nSPS) is 12.3. The number of alkyl carbamates (subject to hydrolysis) is 1. The minimum absolute atomic E-state index is 0.0372. The van der Waals surface area contributed by atoms with Gasteiger partial charge in [0.2, 0.25) is 11.8 Å². The van der Waals surface area contributed by atoms with Crippen LogP contribution in [0.3, 0.4) is 0 Å². The van der Waals surface area contributed by atoms with Crippen LogP contribution in [0.4, 0.5) is 23.7 Å². The number of nitrogens with zero attached hydrogens (tertiary/aromatic N) is 3. The number of alkyl halides is 3. The maximum atomic E-state index is 13.1. The Morgan fingerprint density at radius 1 is 1.20 bits per heavy atom. The molecule has 41 heavy (non-hydrogen) atoms. The third kappa shape index (κ3) is 8.95. The number of pyridine rings is 1. The number of amides is 3. The lowest BCUT2D eigenvalue weighted by Gasteiger charge is -2.17. The first-order valence-corrected chi connectivity index (χ1v) is 12.6. The van der Waals surface area contributed by atoms with Gasteiger partial charge in [0.1, 0.15) is 17.6 Å². The fourth-order valence-electron chi connectivity index (χ4n) is 3.90. The average Bonchev–Trinajstić information content (AvgIpc) is 3.33. The number of rotatable bonds is 11. The number of ether oxygens (including phenoxy) is 1. The molecule has 0 bridgehead atoms. The van der Waals surface area contributed by atoms with Crippen molar-refractivity contribution in [1.29, 1.82) is 0 Å². The van der Waals surface area contributed by atoms with E-state index in [2.05, 4.69) is 25.3 Å². The molecule has 3 rings (SSSR count). The molecule has 0 spiro atoms. The fourth-order valence-corrected chi connectivity index (χ4v) is 3.90. The standard InChI is InChI=1S/C27H31F3N6O5/c1-35(2)22(37)12-5-4-9-19(33-26(40)41-3)24(38)32-20-11-7-15-36(25(20)39)16-21-31-18-10-6-8-17(23(18)34-21)13-14-27(28,29)30/h5-8,10-12,15,19H,4,9,13-14,16H2,1-3H3,(H,31,34)(H,32,38)(H,33,40)/b12-5+/t19-/m0/s1. The molecule has 1 aromatic carbocycles. The van der Waals surface area contributed by atoms with Crippen LogP contribution >= 0.6 is 0 Å². The number of anilines is 1. The Hall–Kier alpha value is -4.62. The van der Waals surface area contributed by atoms with Crippen molar-refractivity contribution in [2.24, 2.45) is 0 Å². The Balaban J connectivity index is 1.75. The smallest absolute Gasteiger partial charge is 0.407 e. The van der Waals surface area contributed by atoms with E-state index in [9.17, 15) is 32.3 Å². The number of halogens is 3. The van der Waals surface area contributed by atoms with E-state index in [1.54, 1.807) is 38.4 Å². The van der Waals surface area contributed by atoms with Crippen molar-refractivity contribution < 1.29 is 32.3 Å². The second-order valence-corrected chi connectivity index (χ2v) is 9.36. The highest BCUT2D eigenvalue weighted by Gasteiger charge is 2.27. The first-order chi connectivity index (χ1) is 19.4. The van der Waals surface area contributed by atoms with E-state index < -0.39 is 36.2 Å². The van der Waals surface area contributed by atoms with Crippen LogP contribution in [0.25, 0.3) is 11.0 Å². The molecule has 1 atom stereocenters. The summed E-state index contributed by atoms with van der Waals surface area (Å²) in [6.07, 6.45) is -1.56. The number of allylic oxidation sites excluding steroid dienone is 1. The van der Waals surface area contributed by atoms with Crippen LogP contribution in [-0.2, 0) is 27.3 Å². The topological polar surface area (TPSA) is 138 Å². The number of hydrogen-bond donors (Lipinski definition) is 3. The minimum Gasteiger partial charge on any atom is -0.453 e. The maximum Gasteiger partial charge on any atom is 0.407 e. The molecular weight excluding hydrogens is 545 g/mol. The fraction of sp³-hybridized carbons (Fsp3) is 0.370. The number of methoxy groups -OCH3 is 1. The highest BCUT2D eigenvalue weighted by atomic mass is 19.4. The van der Waals surface area contributed by atoms with Gasteiger partial charge >= 0.3 is 12.3 Å². The Labute approximate surface area is 233 Å². The van der Waals surface area contributed by atoms with E-state index in [0.717, 1.165) is 7.11 Å². The van der Waals surface area contributed by atoms with Gasteiger partial charge < -0.3 is 29.8 Å². The number of benzene rings is 1. The second kappa shape index (κ2) is 13.6. The van der Waals surface area contributed by atoms with Crippen molar-refractivity contribution in [3.05, 3.63) is 70.4 Å². The number of hydrogen-bond acceptors (Lipinski definition) is 6. The number of likely N-dealkylation sites (N-methyl/N-ethyl adjacent to an activating group) is 1. The summed E-state index contributed by atoms with van der Waals surface area (Å²) in [6, 6.07) is 6.76. The predicted molar refractivity (Wildman–Crippen MR) is 145 cm³/mol. The van der Waals surface area contributed by atoms with Crippen molar-refractivity contribution in [2.75, 3.05) is 26.5 Å². The second-order valence-electron chi connectivity index (χ2n) is 9.36. The van der Waals surface area contributed by atoms with Crippen molar-refractivity contribution in [2.45, 2.75) is 44.4 Å². The van der Waals surface area contributed by atoms with Gasteiger partial charge in [0, 0.05) is 26.7 Å². The summed E-state index contributed by atoms with van der Waals surface area (Å²) >= 11 is 0. The Kier molecular flexibility index (Phi) is 10.3. The van der Waals surface area contributed by atoms with Crippen molar-refractivity contribution in [3.63, 3.8) is 0 Å². The maximum absolute atomic E-state index is 13.1. The van der Waals surface area contributed by atoms with Gasteiger partial charge in [-0.1, -0.05) is 18.2 Å². The van der Waals surface area contributed by atoms with Crippen LogP contribution in [0.2, 0.25) is 0 Å². The number of carbonyl (C=O) groups is 3. The first kappa shape index (κ1) is 30.9. The monoisotopic (exact) mass is 576 g/mol. The number of aryl methyl sites for hydroxylation is 1. The van der Waals surface area contributed by atoms with Crippen LogP contribution in [-0.4, -0.2) is 70.8 Å². The molecular formula is C27H31F3N6O5. The van der Waals surface area contributed by atoms with Gasteiger partial charge in [-0.15, -0.1) is 0 Å². The summed E-state index contributed by atoms with van der Waals surface area (Å²) in [7, 11) is 4.34. The SMILES string of the molecule is COC(=O)N[C@@H](CC/C=C/C(=O)N(C)C)C(=O)Nc1cccn(Cc2nc3c(CCC(F)(F)F)cccc3[nH]2)c1=O. The summed E-state index contributed by atoms with van der Waals surface area (Å²) in [5.74, 6) is -0.566. The van der Waals surface area contributed by atoms with Crippen LogP contribution in [0, 0.1) is 0 Å². The summed E-state index contributed by atoms with van der Waals surface area (Å²) in [6.45, 7) is -0.0372. The Morgan fingerprint density at radius 3 is 2.63 bits per heavy atom. The van der Waals surface area contributed by atoms with Gasteiger partial charge in [0.15, 0.2) is 0 Å². The lowest BCUT2D eigenvalue weighted by atomic mass is 10.1. The van der Waals surface area contributed by atoms with Gasteiger partial charge in [-0.2, -0.15) is 13.2 Å². The van der Waals surface area contributed by atoms with Crippen LogP contribution in [0.15, 0.2) is 53.5 Å². The Morgan fingerprint density at radius 2 is 1.95 bits per heavy atom. The first-order valence-electron chi connectivity index (χ1n) is 12.6. The van der Waals surface area contributed by atoms with Crippen LogP contribution in [0.5, 0.6) is 0 Å².